The average molecular weight is 404 g/mol. The Balaban J connectivity index is 1.51. The van der Waals surface area contributed by atoms with Gasteiger partial charge in [0.25, 0.3) is 0 Å². The van der Waals surface area contributed by atoms with Crippen LogP contribution in [0, 0.1) is 5.92 Å². The van der Waals surface area contributed by atoms with Crippen molar-refractivity contribution in [2.45, 2.75) is 18.9 Å². The number of benzene rings is 1. The number of rotatable bonds is 5. The number of morpholine rings is 1. The summed E-state index contributed by atoms with van der Waals surface area (Å²) < 4.78 is 7.05. The van der Waals surface area contributed by atoms with Crippen LogP contribution in [0.4, 0.5) is 17.6 Å². The first-order valence-electron chi connectivity index (χ1n) is 8.68. The number of halogens is 1. The third-order valence-corrected chi connectivity index (χ3v) is 5.36. The molecule has 2 fully saturated rings. The van der Waals surface area contributed by atoms with Crippen molar-refractivity contribution in [2.75, 3.05) is 42.2 Å². The predicted octanol–water partition coefficient (Wildman–Crippen LogP) is 3.22. The number of aromatic nitrogens is 2. The van der Waals surface area contributed by atoms with Gasteiger partial charge in [-0.25, -0.2) is 0 Å². The summed E-state index contributed by atoms with van der Waals surface area (Å²) in [6.45, 7) is 3.14. The number of nitrogens with zero attached hydrogens (tertiary/aromatic N) is 3. The zero-order valence-electron chi connectivity index (χ0n) is 14.0. The maximum Gasteiger partial charge on any atom is 0.223 e. The van der Waals surface area contributed by atoms with Crippen LogP contribution < -0.4 is 16.0 Å². The minimum atomic E-state index is 0.00314. The van der Waals surface area contributed by atoms with E-state index in [4.69, 9.17) is 10.5 Å². The van der Waals surface area contributed by atoms with E-state index >= 15 is 0 Å². The van der Waals surface area contributed by atoms with Gasteiger partial charge in [-0.2, -0.15) is 9.97 Å². The molecular weight excluding hydrogens is 382 g/mol. The van der Waals surface area contributed by atoms with Crippen molar-refractivity contribution in [3.63, 3.8) is 0 Å². The molecule has 3 N–H and O–H groups in total. The van der Waals surface area contributed by atoms with Gasteiger partial charge < -0.3 is 20.7 Å². The Labute approximate surface area is 155 Å². The number of nitrogens with one attached hydrogen (secondary N) is 1. The second kappa shape index (κ2) is 7.17. The minimum absolute atomic E-state index is 0.00314. The maximum atomic E-state index is 5.98. The Hall–Kier alpha value is -1.86. The van der Waals surface area contributed by atoms with Gasteiger partial charge in [-0.3, -0.25) is 0 Å². The molecule has 7 heteroatoms. The van der Waals surface area contributed by atoms with Crippen molar-refractivity contribution in [3.05, 3.63) is 40.4 Å². The van der Waals surface area contributed by atoms with Crippen LogP contribution in [0.5, 0.6) is 0 Å². The number of hydrogen-bond donors (Lipinski definition) is 2. The van der Waals surface area contributed by atoms with E-state index in [0.29, 0.717) is 12.6 Å². The third-order valence-electron chi connectivity index (χ3n) is 4.64. The number of nitrogens with two attached hydrogens (primary N) is 1. The van der Waals surface area contributed by atoms with E-state index in [1.807, 2.05) is 24.3 Å². The molecule has 0 amide bonds. The first-order chi connectivity index (χ1) is 12.2. The van der Waals surface area contributed by atoms with Crippen LogP contribution in [0.3, 0.4) is 0 Å². The summed E-state index contributed by atoms with van der Waals surface area (Å²) in [6, 6.07) is 10.2. The van der Waals surface area contributed by atoms with E-state index in [-0.39, 0.29) is 6.10 Å². The van der Waals surface area contributed by atoms with E-state index in [1.54, 1.807) is 0 Å². The van der Waals surface area contributed by atoms with Crippen LogP contribution in [-0.2, 0) is 4.74 Å². The normalized spacial score (nSPS) is 20.5. The number of ether oxygens (including phenoxy) is 1. The van der Waals surface area contributed by atoms with Gasteiger partial charge in [0.05, 0.1) is 6.61 Å². The molecule has 1 aliphatic heterocycles. The van der Waals surface area contributed by atoms with Crippen LogP contribution in [-0.4, -0.2) is 36.2 Å². The lowest BCUT2D eigenvalue weighted by Crippen LogP contribution is -2.39. The highest BCUT2D eigenvalue weighted by Crippen LogP contribution is 2.31. The number of hydrogen-bond acceptors (Lipinski definition) is 6. The van der Waals surface area contributed by atoms with Crippen LogP contribution in [0.2, 0.25) is 0 Å². The number of anilines is 3. The van der Waals surface area contributed by atoms with E-state index < -0.39 is 0 Å². The Morgan fingerprint density at radius 2 is 2.12 bits per heavy atom. The molecule has 4 rings (SSSR count). The molecule has 25 heavy (non-hydrogen) atoms. The van der Waals surface area contributed by atoms with E-state index in [9.17, 15) is 0 Å². The minimum Gasteiger partial charge on any atom is -0.370 e. The largest absolute Gasteiger partial charge is 0.370 e. The lowest BCUT2D eigenvalue weighted by atomic mass is 10.1. The fraction of sp³-hybridized carbons (Fsp3) is 0.444. The molecule has 1 saturated carbocycles. The van der Waals surface area contributed by atoms with Gasteiger partial charge in [0.15, 0.2) is 0 Å². The van der Waals surface area contributed by atoms with Gasteiger partial charge in [0, 0.05) is 30.2 Å². The predicted molar refractivity (Wildman–Crippen MR) is 103 cm³/mol. The first kappa shape index (κ1) is 16.6. The fourth-order valence-electron chi connectivity index (χ4n) is 3.06. The molecule has 0 bridgehead atoms. The van der Waals surface area contributed by atoms with Crippen molar-refractivity contribution in [2.24, 2.45) is 5.92 Å². The summed E-state index contributed by atoms with van der Waals surface area (Å²) in [6.07, 6.45) is 2.61. The Kier molecular flexibility index (Phi) is 4.76. The Morgan fingerprint density at radius 1 is 1.28 bits per heavy atom. The first-order valence-corrected chi connectivity index (χ1v) is 9.48. The van der Waals surface area contributed by atoms with Crippen LogP contribution in [0.25, 0.3) is 0 Å². The molecule has 1 atom stereocenters. The van der Waals surface area contributed by atoms with Gasteiger partial charge in [-0.05, 0) is 30.4 Å². The Morgan fingerprint density at radius 3 is 2.92 bits per heavy atom. The molecule has 2 aromatic rings. The highest BCUT2D eigenvalue weighted by molar-refractivity contribution is 9.10. The summed E-state index contributed by atoms with van der Waals surface area (Å²) in [7, 11) is 0. The zero-order chi connectivity index (χ0) is 17.2. The highest BCUT2D eigenvalue weighted by Gasteiger charge is 2.25. The molecule has 1 saturated heterocycles. The smallest absolute Gasteiger partial charge is 0.223 e. The van der Waals surface area contributed by atoms with Crippen molar-refractivity contribution >= 4 is 33.5 Å². The lowest BCUT2D eigenvalue weighted by Gasteiger charge is -2.34. The molecule has 0 spiro atoms. The molecule has 1 aromatic heterocycles. The monoisotopic (exact) mass is 403 g/mol. The highest BCUT2D eigenvalue weighted by atomic mass is 79.9. The maximum absolute atomic E-state index is 5.98. The molecule has 2 aliphatic rings. The number of nitrogen functional groups attached to an aromatic ring is 1. The second-order valence-electron chi connectivity index (χ2n) is 6.62. The van der Waals surface area contributed by atoms with E-state index in [1.165, 1.54) is 12.8 Å². The van der Waals surface area contributed by atoms with Crippen molar-refractivity contribution in [3.8, 4) is 0 Å². The van der Waals surface area contributed by atoms with E-state index in [2.05, 4.69) is 42.2 Å². The summed E-state index contributed by atoms with van der Waals surface area (Å²) >= 11 is 3.62. The standard InChI is InChI=1S/C18H22BrN5O/c19-14-4-2-1-3-13(14)15-11-24(7-8-25-15)17-9-16(22-18(20)23-17)21-10-12-5-6-12/h1-4,9,12,15H,5-8,10-11H2,(H3,20,21,22,23)/t15-/m0/s1. The molecule has 132 valence electrons. The quantitative estimate of drug-likeness (QED) is 0.797. The fourth-order valence-corrected chi connectivity index (χ4v) is 3.60. The molecule has 6 nitrogen and oxygen atoms in total. The van der Waals surface area contributed by atoms with Crippen molar-refractivity contribution in [1.82, 2.24) is 9.97 Å². The topological polar surface area (TPSA) is 76.3 Å². The molecule has 2 heterocycles. The van der Waals surface area contributed by atoms with E-state index in [0.717, 1.165) is 47.2 Å². The molecule has 1 aliphatic carbocycles. The molecule has 1 aromatic carbocycles. The van der Waals surface area contributed by atoms with Gasteiger partial charge in [-0.15, -0.1) is 0 Å². The summed E-state index contributed by atoms with van der Waals surface area (Å²) in [5.41, 5.74) is 7.08. The van der Waals surface area contributed by atoms with Gasteiger partial charge >= 0.3 is 0 Å². The third kappa shape index (κ3) is 4.04. The van der Waals surface area contributed by atoms with Crippen LogP contribution in [0.1, 0.15) is 24.5 Å². The van der Waals surface area contributed by atoms with Gasteiger partial charge in [-0.1, -0.05) is 34.1 Å². The van der Waals surface area contributed by atoms with Gasteiger partial charge in [0.2, 0.25) is 5.95 Å². The zero-order valence-corrected chi connectivity index (χ0v) is 15.6. The van der Waals surface area contributed by atoms with Gasteiger partial charge in [0.1, 0.15) is 17.7 Å². The summed E-state index contributed by atoms with van der Waals surface area (Å²) in [5.74, 6) is 2.74. The Bertz CT molecular complexity index is 752. The molecule has 0 unspecified atom stereocenters. The second-order valence-corrected chi connectivity index (χ2v) is 7.48. The van der Waals surface area contributed by atoms with Crippen LogP contribution in [0.15, 0.2) is 34.8 Å². The molecular formula is C18H22BrN5O. The summed E-state index contributed by atoms with van der Waals surface area (Å²) in [5, 5.41) is 3.38. The average Bonchev–Trinajstić information content (AvgIpc) is 3.44. The van der Waals surface area contributed by atoms with Crippen molar-refractivity contribution < 1.29 is 4.74 Å². The SMILES string of the molecule is Nc1nc(NCC2CC2)cc(N2CCO[C@H](c3ccccc3Br)C2)n1. The summed E-state index contributed by atoms with van der Waals surface area (Å²) in [4.78, 5) is 11.0. The lowest BCUT2D eigenvalue weighted by molar-refractivity contribution is 0.0391. The van der Waals surface area contributed by atoms with Crippen LogP contribution >= 0.6 is 15.9 Å². The van der Waals surface area contributed by atoms with Crippen molar-refractivity contribution in [1.29, 1.82) is 0 Å². The molecule has 0 radical (unpaired) electrons.